The van der Waals surface area contributed by atoms with E-state index in [0.29, 0.717) is 5.92 Å². The van der Waals surface area contributed by atoms with Gasteiger partial charge in [0.2, 0.25) is 0 Å². The summed E-state index contributed by atoms with van der Waals surface area (Å²) in [5.41, 5.74) is 5.02. The number of ether oxygens (including phenoxy) is 1. The second-order valence-corrected chi connectivity index (χ2v) is 6.73. The van der Waals surface area contributed by atoms with Gasteiger partial charge in [-0.3, -0.25) is 10.00 Å². The van der Waals surface area contributed by atoms with Gasteiger partial charge < -0.3 is 10.1 Å². The Bertz CT molecular complexity index is 677. The molecule has 4 rings (SSSR count). The zero-order valence-electron chi connectivity index (χ0n) is 13.6. The molecule has 1 aliphatic heterocycles. The van der Waals surface area contributed by atoms with Crippen molar-refractivity contribution in [2.45, 2.75) is 38.4 Å². The second kappa shape index (κ2) is 6.34. The third-order valence-corrected chi connectivity index (χ3v) is 4.52. The molecule has 1 aromatic carbocycles. The molecule has 1 fully saturated rings. The summed E-state index contributed by atoms with van der Waals surface area (Å²) in [6.45, 7) is 4.36. The van der Waals surface area contributed by atoms with Crippen LogP contribution in [0.15, 0.2) is 24.3 Å². The van der Waals surface area contributed by atoms with Gasteiger partial charge in [-0.05, 0) is 43.7 Å². The lowest BCUT2D eigenvalue weighted by Crippen LogP contribution is -2.18. The van der Waals surface area contributed by atoms with Crippen LogP contribution in [0.25, 0.3) is 0 Å². The molecular weight excluding hydrogens is 288 g/mol. The van der Waals surface area contributed by atoms with Crippen molar-refractivity contribution in [2.24, 2.45) is 0 Å². The molecule has 5 heteroatoms. The van der Waals surface area contributed by atoms with Gasteiger partial charge in [-0.25, -0.2) is 0 Å². The molecule has 0 spiro atoms. The fourth-order valence-electron chi connectivity index (χ4n) is 3.17. The minimum absolute atomic E-state index is 0.711. The highest BCUT2D eigenvalue weighted by Gasteiger charge is 2.26. The number of hydrogen-bond donors (Lipinski definition) is 2. The second-order valence-electron chi connectivity index (χ2n) is 6.73. The molecule has 0 saturated heterocycles. The SMILES string of the molecule is CN(Cc1ccc2c(c1)CNCCO2)Cc1cc(C2CC2)n[nH]1. The molecular formula is C18H24N4O. The number of rotatable bonds is 5. The van der Waals surface area contributed by atoms with E-state index >= 15 is 0 Å². The summed E-state index contributed by atoms with van der Waals surface area (Å²) in [7, 11) is 2.15. The molecule has 2 N–H and O–H groups in total. The minimum atomic E-state index is 0.711. The van der Waals surface area contributed by atoms with Crippen molar-refractivity contribution in [3.8, 4) is 5.75 Å². The third-order valence-electron chi connectivity index (χ3n) is 4.52. The Morgan fingerprint density at radius 1 is 1.26 bits per heavy atom. The lowest BCUT2D eigenvalue weighted by atomic mass is 10.1. The molecule has 0 radical (unpaired) electrons. The highest BCUT2D eigenvalue weighted by Crippen LogP contribution is 2.39. The number of aromatic nitrogens is 2. The van der Waals surface area contributed by atoms with E-state index in [1.165, 1.54) is 35.4 Å². The monoisotopic (exact) mass is 312 g/mol. The summed E-state index contributed by atoms with van der Waals surface area (Å²) in [6.07, 6.45) is 2.59. The molecule has 1 aromatic heterocycles. The number of H-pyrrole nitrogens is 1. The van der Waals surface area contributed by atoms with E-state index in [0.717, 1.165) is 38.5 Å². The molecule has 122 valence electrons. The molecule has 1 aliphatic carbocycles. The summed E-state index contributed by atoms with van der Waals surface area (Å²) in [4.78, 5) is 2.32. The number of benzene rings is 1. The van der Waals surface area contributed by atoms with Gasteiger partial charge in [0.15, 0.2) is 0 Å². The normalized spacial score (nSPS) is 17.7. The van der Waals surface area contributed by atoms with Gasteiger partial charge in [-0.15, -0.1) is 0 Å². The molecule has 0 bridgehead atoms. The number of fused-ring (bicyclic) bond motifs is 1. The van der Waals surface area contributed by atoms with Gasteiger partial charge in [-0.2, -0.15) is 5.10 Å². The third kappa shape index (κ3) is 3.57. The van der Waals surface area contributed by atoms with Gasteiger partial charge in [0, 0.05) is 43.4 Å². The van der Waals surface area contributed by atoms with Crippen molar-refractivity contribution in [3.05, 3.63) is 46.8 Å². The van der Waals surface area contributed by atoms with Crippen LogP contribution >= 0.6 is 0 Å². The summed E-state index contributed by atoms with van der Waals surface area (Å²) in [5.74, 6) is 1.73. The standard InChI is InChI=1S/C18H24N4O/c1-22(12-16-9-17(21-20-16)14-3-4-14)11-13-2-5-18-15(8-13)10-19-6-7-23-18/h2,5,8-9,14,19H,3-4,6-7,10-12H2,1H3,(H,20,21). The summed E-state index contributed by atoms with van der Waals surface area (Å²) in [5, 5.41) is 11.0. The van der Waals surface area contributed by atoms with E-state index in [9.17, 15) is 0 Å². The topological polar surface area (TPSA) is 53.2 Å². The first kappa shape index (κ1) is 14.7. The highest BCUT2D eigenvalue weighted by molar-refractivity contribution is 5.37. The summed E-state index contributed by atoms with van der Waals surface area (Å²) >= 11 is 0. The van der Waals surface area contributed by atoms with Crippen molar-refractivity contribution in [2.75, 3.05) is 20.2 Å². The Morgan fingerprint density at radius 2 is 2.17 bits per heavy atom. The van der Waals surface area contributed by atoms with Gasteiger partial charge in [0.05, 0.1) is 5.69 Å². The molecule has 5 nitrogen and oxygen atoms in total. The van der Waals surface area contributed by atoms with Crippen LogP contribution in [-0.2, 0) is 19.6 Å². The molecule has 0 amide bonds. The molecule has 1 saturated carbocycles. The average Bonchev–Trinajstić information content (AvgIpc) is 3.32. The van der Waals surface area contributed by atoms with Crippen molar-refractivity contribution in [1.29, 1.82) is 0 Å². The maximum absolute atomic E-state index is 5.75. The van der Waals surface area contributed by atoms with Crippen LogP contribution in [0.4, 0.5) is 0 Å². The Kier molecular flexibility index (Phi) is 4.06. The van der Waals surface area contributed by atoms with Crippen LogP contribution in [0.5, 0.6) is 5.75 Å². The fraction of sp³-hybridized carbons (Fsp3) is 0.500. The molecule has 0 atom stereocenters. The fourth-order valence-corrected chi connectivity index (χ4v) is 3.17. The van der Waals surface area contributed by atoms with E-state index in [4.69, 9.17) is 4.74 Å². The Labute approximate surface area is 137 Å². The molecule has 2 heterocycles. The van der Waals surface area contributed by atoms with Crippen LogP contribution in [0.1, 0.15) is 41.3 Å². The number of hydrogen-bond acceptors (Lipinski definition) is 4. The van der Waals surface area contributed by atoms with Gasteiger partial charge >= 0.3 is 0 Å². The molecule has 23 heavy (non-hydrogen) atoms. The highest BCUT2D eigenvalue weighted by atomic mass is 16.5. The van der Waals surface area contributed by atoms with E-state index in [2.05, 4.69) is 51.7 Å². The lowest BCUT2D eigenvalue weighted by Gasteiger charge is -2.17. The maximum atomic E-state index is 5.75. The minimum Gasteiger partial charge on any atom is -0.492 e. The van der Waals surface area contributed by atoms with E-state index in [-0.39, 0.29) is 0 Å². The Morgan fingerprint density at radius 3 is 3.04 bits per heavy atom. The predicted octanol–water partition coefficient (Wildman–Crippen LogP) is 2.40. The molecule has 2 aromatic rings. The van der Waals surface area contributed by atoms with E-state index in [1.54, 1.807) is 0 Å². The van der Waals surface area contributed by atoms with Crippen molar-refractivity contribution in [3.63, 3.8) is 0 Å². The molecule has 2 aliphatic rings. The van der Waals surface area contributed by atoms with Crippen LogP contribution in [0, 0.1) is 0 Å². The predicted molar refractivity (Wildman–Crippen MR) is 89.4 cm³/mol. The largest absolute Gasteiger partial charge is 0.492 e. The van der Waals surface area contributed by atoms with Crippen molar-refractivity contribution >= 4 is 0 Å². The van der Waals surface area contributed by atoms with Gasteiger partial charge in [-0.1, -0.05) is 6.07 Å². The Balaban J connectivity index is 1.39. The quantitative estimate of drug-likeness (QED) is 0.890. The number of nitrogens with zero attached hydrogens (tertiary/aromatic N) is 2. The number of nitrogens with one attached hydrogen (secondary N) is 2. The van der Waals surface area contributed by atoms with E-state index in [1.807, 2.05) is 0 Å². The van der Waals surface area contributed by atoms with Gasteiger partial charge in [0.25, 0.3) is 0 Å². The van der Waals surface area contributed by atoms with Gasteiger partial charge in [0.1, 0.15) is 12.4 Å². The zero-order chi connectivity index (χ0) is 15.6. The van der Waals surface area contributed by atoms with E-state index < -0.39 is 0 Å². The van der Waals surface area contributed by atoms with Crippen LogP contribution < -0.4 is 10.1 Å². The zero-order valence-corrected chi connectivity index (χ0v) is 13.6. The maximum Gasteiger partial charge on any atom is 0.123 e. The van der Waals surface area contributed by atoms with Crippen LogP contribution in [0.2, 0.25) is 0 Å². The average molecular weight is 312 g/mol. The Hall–Kier alpha value is -1.85. The van der Waals surface area contributed by atoms with Crippen LogP contribution in [-0.4, -0.2) is 35.3 Å². The summed E-state index contributed by atoms with van der Waals surface area (Å²) in [6, 6.07) is 8.76. The first-order valence-electron chi connectivity index (χ1n) is 8.46. The summed E-state index contributed by atoms with van der Waals surface area (Å²) < 4.78 is 5.75. The number of aromatic amines is 1. The molecule has 0 unspecified atom stereocenters. The van der Waals surface area contributed by atoms with Crippen LogP contribution in [0.3, 0.4) is 0 Å². The smallest absolute Gasteiger partial charge is 0.123 e. The van der Waals surface area contributed by atoms with Crippen molar-refractivity contribution in [1.82, 2.24) is 20.4 Å². The lowest BCUT2D eigenvalue weighted by molar-refractivity contribution is 0.313. The first-order chi connectivity index (χ1) is 11.3. The first-order valence-corrected chi connectivity index (χ1v) is 8.46. The van der Waals surface area contributed by atoms with Crippen molar-refractivity contribution < 1.29 is 4.74 Å².